The van der Waals surface area contributed by atoms with E-state index in [1.165, 1.54) is 16.7 Å². The van der Waals surface area contributed by atoms with Crippen LogP contribution in [0.4, 0.5) is 10.1 Å². The fourth-order valence-electron chi connectivity index (χ4n) is 5.47. The van der Waals surface area contributed by atoms with Gasteiger partial charge in [0.1, 0.15) is 12.4 Å². The molecule has 6 nitrogen and oxygen atoms in total. The molecule has 0 fully saturated rings. The van der Waals surface area contributed by atoms with Gasteiger partial charge >= 0.3 is 0 Å². The highest BCUT2D eigenvalue weighted by Crippen LogP contribution is 2.43. The third kappa shape index (κ3) is 7.25. The topological polar surface area (TPSA) is 54.4 Å². The Balaban J connectivity index is 1.57. The maximum atomic E-state index is 15.1. The number of phenolic OH excluding ortho intramolecular Hbond substituents is 1. The molecule has 0 spiro atoms. The molecular formula is C34H45FN2O4. The molecule has 0 aromatic heterocycles. The van der Waals surface area contributed by atoms with Crippen LogP contribution in [0, 0.1) is 5.82 Å². The molecule has 0 amide bonds. The predicted molar refractivity (Wildman–Crippen MR) is 163 cm³/mol. The summed E-state index contributed by atoms with van der Waals surface area (Å²) in [7, 11) is 5.35. The van der Waals surface area contributed by atoms with Gasteiger partial charge in [-0.25, -0.2) is 4.39 Å². The van der Waals surface area contributed by atoms with Crippen molar-refractivity contribution in [1.82, 2.24) is 4.90 Å². The van der Waals surface area contributed by atoms with E-state index in [0.717, 1.165) is 37.1 Å². The summed E-state index contributed by atoms with van der Waals surface area (Å²) in [5.74, 6) is 1.88. The minimum atomic E-state index is -0.350. The number of nitrogens with zero attached hydrogens (tertiary/aromatic N) is 2. The first-order valence-electron chi connectivity index (χ1n) is 14.5. The Morgan fingerprint density at radius 1 is 0.951 bits per heavy atom. The van der Waals surface area contributed by atoms with Crippen molar-refractivity contribution < 1.29 is 23.7 Å². The number of phenols is 1. The first-order chi connectivity index (χ1) is 19.5. The maximum Gasteiger partial charge on any atom is 0.165 e. The van der Waals surface area contributed by atoms with Crippen LogP contribution in [0.25, 0.3) is 0 Å². The Morgan fingerprint density at radius 3 is 2.34 bits per heavy atom. The highest BCUT2D eigenvalue weighted by molar-refractivity contribution is 5.64. The molecular weight excluding hydrogens is 519 g/mol. The van der Waals surface area contributed by atoms with Crippen LogP contribution in [0.3, 0.4) is 0 Å². The Labute approximate surface area is 244 Å². The summed E-state index contributed by atoms with van der Waals surface area (Å²) in [6, 6.07) is 15.1. The Bertz CT molecular complexity index is 1340. The number of ether oxygens (including phenoxy) is 3. The average molecular weight is 565 g/mol. The van der Waals surface area contributed by atoms with Crippen molar-refractivity contribution in [1.29, 1.82) is 0 Å². The number of anilines is 1. The van der Waals surface area contributed by atoms with Crippen molar-refractivity contribution in [2.24, 2.45) is 0 Å². The highest BCUT2D eigenvalue weighted by Gasteiger charge is 2.26. The number of hydrogen-bond donors (Lipinski definition) is 1. The summed E-state index contributed by atoms with van der Waals surface area (Å²) in [6.07, 6.45) is 2.73. The van der Waals surface area contributed by atoms with Crippen molar-refractivity contribution in [2.45, 2.75) is 65.0 Å². The van der Waals surface area contributed by atoms with E-state index in [2.05, 4.69) is 43.6 Å². The fraction of sp³-hybridized carbons (Fsp3) is 0.471. The Morgan fingerprint density at radius 2 is 1.68 bits per heavy atom. The monoisotopic (exact) mass is 564 g/mol. The number of methoxy groups -OCH3 is 2. The first-order valence-corrected chi connectivity index (χ1v) is 14.5. The molecule has 1 atom stereocenters. The lowest BCUT2D eigenvalue weighted by atomic mass is 9.79. The van der Waals surface area contributed by atoms with Gasteiger partial charge in [-0.1, -0.05) is 12.1 Å². The third-order valence-corrected chi connectivity index (χ3v) is 8.31. The van der Waals surface area contributed by atoms with Crippen molar-refractivity contribution in [3.05, 3.63) is 76.6 Å². The van der Waals surface area contributed by atoms with Crippen LogP contribution in [-0.4, -0.2) is 56.5 Å². The molecule has 3 aromatic carbocycles. The molecule has 41 heavy (non-hydrogen) atoms. The molecule has 0 saturated carbocycles. The number of fused-ring (bicyclic) bond motifs is 1. The minimum Gasteiger partial charge on any atom is -0.508 e. The second-order valence-corrected chi connectivity index (χ2v) is 11.9. The van der Waals surface area contributed by atoms with E-state index >= 15 is 4.39 Å². The van der Waals surface area contributed by atoms with Crippen molar-refractivity contribution in [2.75, 3.05) is 45.9 Å². The summed E-state index contributed by atoms with van der Waals surface area (Å²) in [5.41, 5.74) is 5.61. The van der Waals surface area contributed by atoms with Crippen molar-refractivity contribution in [3.63, 3.8) is 0 Å². The largest absolute Gasteiger partial charge is 0.508 e. The van der Waals surface area contributed by atoms with Crippen LogP contribution in [0.1, 0.15) is 62.3 Å². The minimum absolute atomic E-state index is 0.0301. The lowest BCUT2D eigenvalue weighted by Crippen LogP contribution is -2.40. The molecule has 3 aromatic rings. The van der Waals surface area contributed by atoms with Crippen LogP contribution in [0.5, 0.6) is 23.0 Å². The van der Waals surface area contributed by atoms with E-state index in [0.29, 0.717) is 36.9 Å². The van der Waals surface area contributed by atoms with Gasteiger partial charge in [0, 0.05) is 36.9 Å². The van der Waals surface area contributed by atoms with E-state index in [1.807, 2.05) is 31.3 Å². The van der Waals surface area contributed by atoms with Crippen LogP contribution in [-0.2, 0) is 19.4 Å². The van der Waals surface area contributed by atoms with E-state index in [1.54, 1.807) is 32.4 Å². The standard InChI is InChI=1S/C34H45FN2O4/c1-8-37(22-23-9-14-31(29(35)17-23)41-16-15-36(5)34(2,3)4)30-21-33(40-7)32(39-6)20-28(30)26-11-10-25-19-27(38)13-12-24(25)18-26/h9,12-14,17,19-21,26,38H,8,10-11,15-16,18,22H2,1-7H3. The summed E-state index contributed by atoms with van der Waals surface area (Å²) < 4.78 is 32.3. The quantitative estimate of drug-likeness (QED) is 0.272. The normalized spacial score (nSPS) is 15.0. The van der Waals surface area contributed by atoms with Gasteiger partial charge in [-0.05, 0) is 113 Å². The number of hydrogen-bond acceptors (Lipinski definition) is 6. The SMILES string of the molecule is CCN(Cc1ccc(OCCN(C)C(C)(C)C)c(F)c1)c1cc(OC)c(OC)cc1C1CCc2cc(O)ccc2C1. The molecule has 7 heteroatoms. The van der Waals surface area contributed by atoms with Gasteiger partial charge in [-0.3, -0.25) is 4.90 Å². The van der Waals surface area contributed by atoms with E-state index in [-0.39, 0.29) is 23.0 Å². The number of likely N-dealkylation sites (N-methyl/N-ethyl adjacent to an activating group) is 1. The van der Waals surface area contributed by atoms with Gasteiger partial charge < -0.3 is 24.2 Å². The molecule has 1 aliphatic rings. The molecule has 1 aliphatic carbocycles. The first kappa shape index (κ1) is 30.5. The third-order valence-electron chi connectivity index (χ3n) is 8.31. The summed E-state index contributed by atoms with van der Waals surface area (Å²) in [4.78, 5) is 4.45. The van der Waals surface area contributed by atoms with Crippen LogP contribution >= 0.6 is 0 Å². The van der Waals surface area contributed by atoms with E-state index in [9.17, 15) is 5.11 Å². The average Bonchev–Trinajstić information content (AvgIpc) is 2.95. The number of benzene rings is 3. The van der Waals surface area contributed by atoms with Crippen LogP contribution in [0.2, 0.25) is 0 Å². The summed E-state index contributed by atoms with van der Waals surface area (Å²) in [6.45, 7) is 10.9. The molecule has 0 bridgehead atoms. The second kappa shape index (κ2) is 13.0. The van der Waals surface area contributed by atoms with Gasteiger partial charge in [-0.15, -0.1) is 0 Å². The van der Waals surface area contributed by atoms with Gasteiger partial charge in [0.15, 0.2) is 23.1 Å². The zero-order valence-corrected chi connectivity index (χ0v) is 25.6. The molecule has 1 N–H and O–H groups in total. The smallest absolute Gasteiger partial charge is 0.165 e. The number of halogens is 1. The Hall–Kier alpha value is -3.45. The number of aryl methyl sites for hydroxylation is 1. The molecule has 0 saturated heterocycles. The van der Waals surface area contributed by atoms with Crippen molar-refractivity contribution >= 4 is 5.69 Å². The maximum absolute atomic E-state index is 15.1. The Kier molecular flexibility index (Phi) is 9.69. The van der Waals surface area contributed by atoms with E-state index in [4.69, 9.17) is 14.2 Å². The second-order valence-electron chi connectivity index (χ2n) is 11.9. The zero-order valence-electron chi connectivity index (χ0n) is 25.6. The van der Waals surface area contributed by atoms with Crippen LogP contribution < -0.4 is 19.1 Å². The molecule has 0 radical (unpaired) electrons. The lowest BCUT2D eigenvalue weighted by Gasteiger charge is -2.32. The highest BCUT2D eigenvalue weighted by atomic mass is 19.1. The zero-order chi connectivity index (χ0) is 29.7. The van der Waals surface area contributed by atoms with Gasteiger partial charge in [-0.2, -0.15) is 0 Å². The summed E-state index contributed by atoms with van der Waals surface area (Å²) >= 11 is 0. The van der Waals surface area contributed by atoms with Crippen molar-refractivity contribution in [3.8, 4) is 23.0 Å². The summed E-state index contributed by atoms with van der Waals surface area (Å²) in [5, 5.41) is 9.94. The molecule has 0 aliphatic heterocycles. The van der Waals surface area contributed by atoms with Gasteiger partial charge in [0.25, 0.3) is 0 Å². The van der Waals surface area contributed by atoms with Gasteiger partial charge in [0.05, 0.1) is 14.2 Å². The van der Waals surface area contributed by atoms with E-state index < -0.39 is 0 Å². The lowest BCUT2D eigenvalue weighted by molar-refractivity contribution is 0.142. The molecule has 1 unspecified atom stereocenters. The predicted octanol–water partition coefficient (Wildman–Crippen LogP) is 6.96. The molecule has 4 rings (SSSR count). The number of aromatic hydroxyl groups is 1. The molecule has 0 heterocycles. The van der Waals surface area contributed by atoms with Gasteiger partial charge in [0.2, 0.25) is 0 Å². The fourth-order valence-corrected chi connectivity index (χ4v) is 5.47. The number of rotatable bonds is 11. The molecule has 222 valence electrons. The van der Waals surface area contributed by atoms with Crippen LogP contribution in [0.15, 0.2) is 48.5 Å².